The second kappa shape index (κ2) is 7.24. The van der Waals surface area contributed by atoms with Gasteiger partial charge in [-0.2, -0.15) is 4.98 Å². The Hall–Kier alpha value is -1.85. The van der Waals surface area contributed by atoms with Crippen molar-refractivity contribution in [2.24, 2.45) is 5.92 Å². The molecular formula is C15H23N3O3. The molecule has 0 spiro atoms. The molecule has 2 rings (SSSR count). The third-order valence-electron chi connectivity index (χ3n) is 3.63. The highest BCUT2D eigenvalue weighted by Crippen LogP contribution is 2.23. The minimum Gasteiger partial charge on any atom is -0.480 e. The van der Waals surface area contributed by atoms with Gasteiger partial charge in [-0.25, -0.2) is 0 Å². The van der Waals surface area contributed by atoms with E-state index in [2.05, 4.69) is 15.3 Å². The van der Waals surface area contributed by atoms with Gasteiger partial charge < -0.3 is 14.8 Å². The lowest BCUT2D eigenvalue weighted by Gasteiger charge is -2.29. The number of methoxy groups -OCH3 is 1. The average molecular weight is 293 g/mol. The van der Waals surface area contributed by atoms with Crippen molar-refractivity contribution in [2.75, 3.05) is 7.11 Å². The van der Waals surface area contributed by atoms with Crippen molar-refractivity contribution in [2.45, 2.75) is 51.7 Å². The number of nitrogens with zero attached hydrogens (tertiary/aromatic N) is 2. The van der Waals surface area contributed by atoms with E-state index in [0.717, 1.165) is 25.7 Å². The molecule has 1 saturated carbocycles. The van der Waals surface area contributed by atoms with Crippen LogP contribution in [-0.4, -0.2) is 35.1 Å². The summed E-state index contributed by atoms with van der Waals surface area (Å²) in [6.45, 7) is 3.82. The number of hydrogen-bond acceptors (Lipinski definition) is 5. The average Bonchev–Trinajstić information content (AvgIpc) is 2.49. The summed E-state index contributed by atoms with van der Waals surface area (Å²) in [4.78, 5) is 19.9. The maximum atomic E-state index is 11.7. The van der Waals surface area contributed by atoms with Crippen LogP contribution in [0, 0.1) is 5.92 Å². The first-order chi connectivity index (χ1) is 10.1. The van der Waals surface area contributed by atoms with Crippen LogP contribution in [0.4, 0.5) is 0 Å². The molecule has 0 unspecified atom stereocenters. The van der Waals surface area contributed by atoms with Gasteiger partial charge in [0, 0.05) is 12.0 Å². The SMILES string of the molecule is COc1cncc(OC2CCC(NC(=O)C(C)C)CC2)n1. The monoisotopic (exact) mass is 293 g/mol. The topological polar surface area (TPSA) is 73.3 Å². The van der Waals surface area contributed by atoms with Crippen molar-refractivity contribution < 1.29 is 14.3 Å². The zero-order valence-corrected chi connectivity index (χ0v) is 12.8. The number of carbonyl (C=O) groups is 1. The van der Waals surface area contributed by atoms with Gasteiger partial charge in [0.15, 0.2) is 0 Å². The van der Waals surface area contributed by atoms with E-state index in [1.54, 1.807) is 19.5 Å². The Morgan fingerprint density at radius 1 is 1.24 bits per heavy atom. The Bertz CT molecular complexity index is 471. The van der Waals surface area contributed by atoms with E-state index in [-0.39, 0.29) is 24.0 Å². The Morgan fingerprint density at radius 3 is 2.52 bits per heavy atom. The molecule has 0 aromatic carbocycles. The lowest BCUT2D eigenvalue weighted by Crippen LogP contribution is -2.41. The van der Waals surface area contributed by atoms with Gasteiger partial charge in [0.05, 0.1) is 19.5 Å². The molecule has 0 saturated heterocycles. The van der Waals surface area contributed by atoms with E-state index in [0.29, 0.717) is 11.8 Å². The summed E-state index contributed by atoms with van der Waals surface area (Å²) >= 11 is 0. The second-order valence-corrected chi connectivity index (χ2v) is 5.65. The highest BCUT2D eigenvalue weighted by Gasteiger charge is 2.24. The van der Waals surface area contributed by atoms with Crippen LogP contribution in [0.5, 0.6) is 11.8 Å². The molecule has 116 valence electrons. The normalized spacial score (nSPS) is 21.9. The summed E-state index contributed by atoms with van der Waals surface area (Å²) in [7, 11) is 1.55. The van der Waals surface area contributed by atoms with Crippen LogP contribution in [0.1, 0.15) is 39.5 Å². The molecule has 0 bridgehead atoms. The van der Waals surface area contributed by atoms with Crippen LogP contribution in [0.15, 0.2) is 12.4 Å². The van der Waals surface area contributed by atoms with Gasteiger partial charge in [-0.15, -0.1) is 0 Å². The summed E-state index contributed by atoms with van der Waals surface area (Å²) in [6, 6.07) is 0.260. The Morgan fingerprint density at radius 2 is 1.90 bits per heavy atom. The molecule has 0 aliphatic heterocycles. The Balaban J connectivity index is 1.80. The zero-order valence-electron chi connectivity index (χ0n) is 12.8. The molecule has 1 aliphatic carbocycles. The molecule has 1 aromatic heterocycles. The van der Waals surface area contributed by atoms with Crippen LogP contribution in [-0.2, 0) is 4.79 Å². The third-order valence-corrected chi connectivity index (χ3v) is 3.63. The summed E-state index contributed by atoms with van der Waals surface area (Å²) in [5.41, 5.74) is 0. The van der Waals surface area contributed by atoms with Crippen LogP contribution >= 0.6 is 0 Å². The van der Waals surface area contributed by atoms with Crippen molar-refractivity contribution >= 4 is 5.91 Å². The number of rotatable bonds is 5. The minimum absolute atomic E-state index is 0.0334. The second-order valence-electron chi connectivity index (χ2n) is 5.65. The number of amides is 1. The zero-order chi connectivity index (χ0) is 15.2. The molecule has 1 heterocycles. The first kappa shape index (κ1) is 15.5. The predicted molar refractivity (Wildman–Crippen MR) is 78.2 cm³/mol. The van der Waals surface area contributed by atoms with E-state index in [1.807, 2.05) is 13.8 Å². The summed E-state index contributed by atoms with van der Waals surface area (Å²) in [6.07, 6.45) is 6.93. The molecule has 21 heavy (non-hydrogen) atoms. The number of nitrogens with one attached hydrogen (secondary N) is 1. The third kappa shape index (κ3) is 4.58. The molecule has 0 atom stereocenters. The first-order valence-corrected chi connectivity index (χ1v) is 7.41. The lowest BCUT2D eigenvalue weighted by atomic mass is 9.92. The molecule has 0 radical (unpaired) electrons. The molecule has 6 heteroatoms. The summed E-state index contributed by atoms with van der Waals surface area (Å²) < 4.78 is 10.9. The maximum Gasteiger partial charge on any atom is 0.235 e. The predicted octanol–water partition coefficient (Wildman–Crippen LogP) is 1.95. The molecule has 1 aromatic rings. The number of ether oxygens (including phenoxy) is 2. The van der Waals surface area contributed by atoms with E-state index in [1.165, 1.54) is 0 Å². The standard InChI is InChI=1S/C15H23N3O3/c1-10(2)15(19)17-11-4-6-12(7-5-11)21-14-9-16-8-13(18-14)20-3/h8-12H,4-7H2,1-3H3,(H,17,19). The fourth-order valence-electron chi connectivity index (χ4n) is 2.35. The van der Waals surface area contributed by atoms with E-state index < -0.39 is 0 Å². The largest absolute Gasteiger partial charge is 0.480 e. The van der Waals surface area contributed by atoms with Gasteiger partial charge in [-0.1, -0.05) is 13.8 Å². The lowest BCUT2D eigenvalue weighted by molar-refractivity contribution is -0.125. The van der Waals surface area contributed by atoms with Gasteiger partial charge in [0.25, 0.3) is 0 Å². The van der Waals surface area contributed by atoms with Crippen LogP contribution < -0.4 is 14.8 Å². The van der Waals surface area contributed by atoms with E-state index >= 15 is 0 Å². The summed E-state index contributed by atoms with van der Waals surface area (Å²) in [5.74, 6) is 1.10. The number of aromatic nitrogens is 2. The molecular weight excluding hydrogens is 270 g/mol. The fraction of sp³-hybridized carbons (Fsp3) is 0.667. The fourth-order valence-corrected chi connectivity index (χ4v) is 2.35. The minimum atomic E-state index is 0.0334. The van der Waals surface area contributed by atoms with Crippen LogP contribution in [0.25, 0.3) is 0 Å². The van der Waals surface area contributed by atoms with Gasteiger partial charge in [-0.05, 0) is 25.7 Å². The van der Waals surface area contributed by atoms with E-state index in [4.69, 9.17) is 9.47 Å². The Labute approximate surface area is 125 Å². The smallest absolute Gasteiger partial charge is 0.235 e. The number of hydrogen-bond donors (Lipinski definition) is 1. The van der Waals surface area contributed by atoms with Gasteiger partial charge in [-0.3, -0.25) is 9.78 Å². The van der Waals surface area contributed by atoms with Crippen LogP contribution in [0.3, 0.4) is 0 Å². The molecule has 1 N–H and O–H groups in total. The van der Waals surface area contributed by atoms with Gasteiger partial charge >= 0.3 is 0 Å². The molecule has 1 fully saturated rings. The Kier molecular flexibility index (Phi) is 5.36. The van der Waals surface area contributed by atoms with Crippen molar-refractivity contribution in [3.8, 4) is 11.8 Å². The van der Waals surface area contributed by atoms with Crippen molar-refractivity contribution in [1.82, 2.24) is 15.3 Å². The maximum absolute atomic E-state index is 11.7. The summed E-state index contributed by atoms with van der Waals surface area (Å²) in [5, 5.41) is 3.08. The van der Waals surface area contributed by atoms with Crippen LogP contribution in [0.2, 0.25) is 0 Å². The van der Waals surface area contributed by atoms with E-state index in [9.17, 15) is 4.79 Å². The van der Waals surface area contributed by atoms with Crippen molar-refractivity contribution in [3.05, 3.63) is 12.4 Å². The number of carbonyl (C=O) groups excluding carboxylic acids is 1. The van der Waals surface area contributed by atoms with Gasteiger partial charge in [0.2, 0.25) is 17.7 Å². The highest BCUT2D eigenvalue weighted by atomic mass is 16.5. The van der Waals surface area contributed by atoms with Gasteiger partial charge in [0.1, 0.15) is 6.10 Å². The van der Waals surface area contributed by atoms with Crippen molar-refractivity contribution in [1.29, 1.82) is 0 Å². The molecule has 6 nitrogen and oxygen atoms in total. The molecule has 1 aliphatic rings. The quantitative estimate of drug-likeness (QED) is 0.898. The first-order valence-electron chi connectivity index (χ1n) is 7.41. The highest BCUT2D eigenvalue weighted by molar-refractivity contribution is 5.78. The molecule has 1 amide bonds. The van der Waals surface area contributed by atoms with Crippen molar-refractivity contribution in [3.63, 3.8) is 0 Å².